The van der Waals surface area contributed by atoms with Gasteiger partial charge >= 0.3 is 6.03 Å². The van der Waals surface area contributed by atoms with Crippen LogP contribution in [-0.4, -0.2) is 23.8 Å². The van der Waals surface area contributed by atoms with E-state index in [4.69, 9.17) is 5.11 Å². The Morgan fingerprint density at radius 2 is 1.95 bits per heavy atom. The molecule has 2 rings (SSSR count). The molecule has 1 aromatic rings. The first-order valence-corrected chi connectivity index (χ1v) is 5.89. The van der Waals surface area contributed by atoms with E-state index < -0.39 is 17.7 Å². The Kier molecular flexibility index (Phi) is 4.11. The van der Waals surface area contributed by atoms with Crippen molar-refractivity contribution < 1.29 is 18.7 Å². The van der Waals surface area contributed by atoms with Gasteiger partial charge in [-0.05, 0) is 18.6 Å². The predicted octanol–water partition coefficient (Wildman–Crippen LogP) is 2.02. The van der Waals surface area contributed by atoms with Crippen LogP contribution in [0.4, 0.5) is 19.3 Å². The fraction of sp³-hybridized carbons (Fsp3) is 0.308. The van der Waals surface area contributed by atoms with Crippen LogP contribution in [0.15, 0.2) is 30.4 Å². The van der Waals surface area contributed by atoms with Crippen LogP contribution < -0.4 is 10.6 Å². The van der Waals surface area contributed by atoms with E-state index in [-0.39, 0.29) is 24.3 Å². The van der Waals surface area contributed by atoms with Gasteiger partial charge in [-0.1, -0.05) is 12.2 Å². The molecule has 2 amide bonds. The lowest BCUT2D eigenvalue weighted by atomic mass is 10.1. The van der Waals surface area contributed by atoms with Crippen LogP contribution in [0.25, 0.3) is 0 Å². The summed E-state index contributed by atoms with van der Waals surface area (Å²) in [6.07, 6.45) is 4.22. The number of anilines is 1. The maximum atomic E-state index is 12.9. The summed E-state index contributed by atoms with van der Waals surface area (Å²) in [5, 5.41) is 13.9. The van der Waals surface area contributed by atoms with Gasteiger partial charge in [0.15, 0.2) is 0 Å². The second-order valence-corrected chi connectivity index (χ2v) is 4.43. The van der Waals surface area contributed by atoms with Crippen molar-refractivity contribution in [2.45, 2.75) is 12.5 Å². The molecule has 3 N–H and O–H groups in total. The highest BCUT2D eigenvalue weighted by atomic mass is 19.1. The third-order valence-electron chi connectivity index (χ3n) is 2.84. The topological polar surface area (TPSA) is 61.4 Å². The predicted molar refractivity (Wildman–Crippen MR) is 66.6 cm³/mol. The Hall–Kier alpha value is -1.95. The molecule has 1 aromatic carbocycles. The third kappa shape index (κ3) is 3.75. The molecule has 1 aliphatic carbocycles. The van der Waals surface area contributed by atoms with Crippen molar-refractivity contribution in [2.75, 3.05) is 11.9 Å². The summed E-state index contributed by atoms with van der Waals surface area (Å²) in [5.74, 6) is -1.47. The van der Waals surface area contributed by atoms with E-state index >= 15 is 0 Å². The molecule has 0 unspecified atom stereocenters. The van der Waals surface area contributed by atoms with Crippen LogP contribution in [0.5, 0.6) is 0 Å². The lowest BCUT2D eigenvalue weighted by Crippen LogP contribution is -2.36. The quantitative estimate of drug-likeness (QED) is 0.734. The van der Waals surface area contributed by atoms with Crippen LogP contribution in [0, 0.1) is 17.6 Å². The third-order valence-corrected chi connectivity index (χ3v) is 2.84. The molecule has 0 heterocycles. The number of urea groups is 1. The zero-order valence-electron chi connectivity index (χ0n) is 10.1. The summed E-state index contributed by atoms with van der Waals surface area (Å²) in [6, 6.07) is 2.07. The van der Waals surface area contributed by atoms with Crippen molar-refractivity contribution in [3.05, 3.63) is 42.0 Å². The molecule has 0 bridgehead atoms. The van der Waals surface area contributed by atoms with Gasteiger partial charge in [-0.3, -0.25) is 0 Å². The molecular formula is C13H14F2N2O2. The second kappa shape index (κ2) is 5.79. The summed E-state index contributed by atoms with van der Waals surface area (Å²) < 4.78 is 25.9. The van der Waals surface area contributed by atoms with E-state index in [0.717, 1.165) is 18.2 Å². The number of hydrogen-bond acceptors (Lipinski definition) is 2. The molecule has 102 valence electrons. The SMILES string of the molecule is O=C(Nc1cc(F)cc(F)c1)N[C@@H]1C=C[C@H](CO)C1. The molecule has 0 spiro atoms. The van der Waals surface area contributed by atoms with E-state index in [0.29, 0.717) is 6.42 Å². The second-order valence-electron chi connectivity index (χ2n) is 4.43. The molecule has 4 nitrogen and oxygen atoms in total. The molecule has 2 atom stereocenters. The average molecular weight is 268 g/mol. The van der Waals surface area contributed by atoms with Gasteiger partial charge in [0.25, 0.3) is 0 Å². The van der Waals surface area contributed by atoms with Crippen molar-refractivity contribution in [1.82, 2.24) is 5.32 Å². The minimum absolute atomic E-state index is 0.0331. The van der Waals surface area contributed by atoms with E-state index in [2.05, 4.69) is 10.6 Å². The molecule has 0 saturated carbocycles. The number of carbonyl (C=O) groups is 1. The first-order valence-electron chi connectivity index (χ1n) is 5.89. The number of carbonyl (C=O) groups excluding carboxylic acids is 1. The normalized spacial score (nSPS) is 21.4. The zero-order chi connectivity index (χ0) is 13.8. The summed E-state index contributed by atoms with van der Waals surface area (Å²) in [5.41, 5.74) is 0.0516. The number of aliphatic hydroxyl groups excluding tert-OH is 1. The van der Waals surface area contributed by atoms with Crippen molar-refractivity contribution >= 4 is 11.7 Å². The van der Waals surface area contributed by atoms with E-state index in [1.54, 1.807) is 6.08 Å². The van der Waals surface area contributed by atoms with Crippen LogP contribution in [0.2, 0.25) is 0 Å². The number of amides is 2. The lowest BCUT2D eigenvalue weighted by Gasteiger charge is -2.13. The Morgan fingerprint density at radius 1 is 1.26 bits per heavy atom. The molecular weight excluding hydrogens is 254 g/mol. The fourth-order valence-electron chi connectivity index (χ4n) is 1.98. The van der Waals surface area contributed by atoms with Crippen molar-refractivity contribution in [3.8, 4) is 0 Å². The van der Waals surface area contributed by atoms with Gasteiger partial charge in [0.2, 0.25) is 0 Å². The van der Waals surface area contributed by atoms with Crippen LogP contribution in [-0.2, 0) is 0 Å². The minimum atomic E-state index is -0.753. The van der Waals surface area contributed by atoms with Crippen LogP contribution >= 0.6 is 0 Å². The highest BCUT2D eigenvalue weighted by Crippen LogP contribution is 2.17. The molecule has 0 saturated heterocycles. The Bertz CT molecular complexity index is 485. The van der Waals surface area contributed by atoms with E-state index in [1.807, 2.05) is 6.08 Å². The summed E-state index contributed by atoms with van der Waals surface area (Å²) in [4.78, 5) is 11.6. The summed E-state index contributed by atoms with van der Waals surface area (Å²) in [6.45, 7) is 0.0331. The van der Waals surface area contributed by atoms with Crippen molar-refractivity contribution in [1.29, 1.82) is 0 Å². The molecule has 0 aliphatic heterocycles. The number of rotatable bonds is 3. The van der Waals surface area contributed by atoms with Gasteiger partial charge < -0.3 is 15.7 Å². The zero-order valence-corrected chi connectivity index (χ0v) is 10.1. The number of halogens is 2. The first kappa shape index (κ1) is 13.5. The van der Waals surface area contributed by atoms with Gasteiger partial charge in [-0.2, -0.15) is 0 Å². The Balaban J connectivity index is 1.89. The van der Waals surface area contributed by atoms with Crippen LogP contribution in [0.1, 0.15) is 6.42 Å². The highest BCUT2D eigenvalue weighted by molar-refractivity contribution is 5.89. The monoisotopic (exact) mass is 268 g/mol. The first-order chi connectivity index (χ1) is 9.06. The summed E-state index contributed by atoms with van der Waals surface area (Å²) >= 11 is 0. The number of hydrogen-bond donors (Lipinski definition) is 3. The molecule has 0 fully saturated rings. The Labute approximate surface area is 109 Å². The minimum Gasteiger partial charge on any atom is -0.396 e. The number of benzene rings is 1. The smallest absolute Gasteiger partial charge is 0.319 e. The molecule has 0 aromatic heterocycles. The lowest BCUT2D eigenvalue weighted by molar-refractivity contribution is 0.238. The maximum absolute atomic E-state index is 12.9. The molecule has 0 radical (unpaired) electrons. The van der Waals surface area contributed by atoms with Gasteiger partial charge in [0.1, 0.15) is 11.6 Å². The van der Waals surface area contributed by atoms with E-state index in [9.17, 15) is 13.6 Å². The molecule has 19 heavy (non-hydrogen) atoms. The standard InChI is InChI=1S/C13H14F2N2O2/c14-9-4-10(15)6-12(5-9)17-13(19)16-11-2-1-8(3-11)7-18/h1-2,4-6,8,11,18H,3,7H2,(H2,16,17,19)/t8-,11+/m0/s1. The van der Waals surface area contributed by atoms with Gasteiger partial charge in [-0.15, -0.1) is 0 Å². The molecule has 1 aliphatic rings. The largest absolute Gasteiger partial charge is 0.396 e. The van der Waals surface area contributed by atoms with Gasteiger partial charge in [-0.25, -0.2) is 13.6 Å². The average Bonchev–Trinajstić information content (AvgIpc) is 2.74. The van der Waals surface area contributed by atoms with Crippen LogP contribution in [0.3, 0.4) is 0 Å². The van der Waals surface area contributed by atoms with Crippen molar-refractivity contribution in [3.63, 3.8) is 0 Å². The number of nitrogens with one attached hydrogen (secondary N) is 2. The van der Waals surface area contributed by atoms with Crippen molar-refractivity contribution in [2.24, 2.45) is 5.92 Å². The fourth-order valence-corrected chi connectivity index (χ4v) is 1.98. The van der Waals surface area contributed by atoms with Gasteiger partial charge in [0.05, 0.1) is 0 Å². The van der Waals surface area contributed by atoms with Gasteiger partial charge in [0, 0.05) is 30.3 Å². The highest BCUT2D eigenvalue weighted by Gasteiger charge is 2.19. The number of aliphatic hydroxyl groups is 1. The Morgan fingerprint density at radius 3 is 2.53 bits per heavy atom. The van der Waals surface area contributed by atoms with E-state index in [1.165, 1.54) is 0 Å². The molecule has 6 heteroatoms. The maximum Gasteiger partial charge on any atom is 0.319 e. The summed E-state index contributed by atoms with van der Waals surface area (Å²) in [7, 11) is 0.